The summed E-state index contributed by atoms with van der Waals surface area (Å²) in [6.45, 7) is 6.63. The summed E-state index contributed by atoms with van der Waals surface area (Å²) in [5.41, 5.74) is 5.19. The number of anilines is 3. The van der Waals surface area contributed by atoms with E-state index in [0.29, 0.717) is 18.9 Å². The number of carbonyl (C=O) groups is 1. The van der Waals surface area contributed by atoms with Gasteiger partial charge in [-0.15, -0.1) is 0 Å². The first-order chi connectivity index (χ1) is 13.7. The van der Waals surface area contributed by atoms with Gasteiger partial charge in [-0.25, -0.2) is 9.78 Å². The zero-order chi connectivity index (χ0) is 21.6. The maximum atomic E-state index is 12.6. The van der Waals surface area contributed by atoms with Crippen molar-refractivity contribution < 1.29 is 4.79 Å². The number of nitrogens with one attached hydrogen (secondary N) is 2. The molecule has 0 atom stereocenters. The molecule has 0 aliphatic rings. The van der Waals surface area contributed by atoms with Gasteiger partial charge in [-0.2, -0.15) is 0 Å². The van der Waals surface area contributed by atoms with E-state index >= 15 is 0 Å². The van der Waals surface area contributed by atoms with Gasteiger partial charge in [-0.05, 0) is 40.4 Å². The molecule has 0 saturated heterocycles. The van der Waals surface area contributed by atoms with E-state index in [2.05, 4.69) is 31.2 Å². The third-order valence-corrected chi connectivity index (χ3v) is 4.66. The molecule has 0 bridgehead atoms. The van der Waals surface area contributed by atoms with Gasteiger partial charge in [0.15, 0.2) is 0 Å². The molecule has 0 spiro atoms. The first-order valence-corrected chi connectivity index (χ1v) is 10.3. The molecule has 1 amide bonds. The third kappa shape index (κ3) is 6.18. The van der Waals surface area contributed by atoms with Crippen molar-refractivity contribution in [3.8, 4) is 0 Å². The lowest BCUT2D eigenvalue weighted by Crippen LogP contribution is -2.42. The predicted molar refractivity (Wildman–Crippen MR) is 118 cm³/mol. The van der Waals surface area contributed by atoms with Crippen molar-refractivity contribution in [2.24, 2.45) is 5.92 Å². The lowest BCUT2D eigenvalue weighted by molar-refractivity contribution is -0.115. The van der Waals surface area contributed by atoms with Gasteiger partial charge in [-0.1, -0.05) is 27.2 Å². The maximum absolute atomic E-state index is 12.6. The van der Waals surface area contributed by atoms with E-state index in [4.69, 9.17) is 5.73 Å². The normalized spacial score (nSPS) is 10.9. The van der Waals surface area contributed by atoms with Crippen LogP contribution < -0.4 is 27.2 Å². The number of nitrogens with zero attached hydrogens (tertiary/aromatic N) is 3. The first-order valence-electron chi connectivity index (χ1n) is 9.51. The topological polar surface area (TPSA) is 126 Å². The Morgan fingerprint density at radius 2 is 2.10 bits per heavy atom. The second-order valence-corrected chi connectivity index (χ2v) is 8.10. The molecule has 0 aliphatic carbocycles. The van der Waals surface area contributed by atoms with Crippen molar-refractivity contribution in [3.05, 3.63) is 43.6 Å². The van der Waals surface area contributed by atoms with Crippen LogP contribution in [0.15, 0.2) is 32.4 Å². The molecule has 2 aromatic heterocycles. The quantitative estimate of drug-likeness (QED) is 0.519. The van der Waals surface area contributed by atoms with Gasteiger partial charge < -0.3 is 16.0 Å². The number of pyridine rings is 1. The number of nitrogens with two attached hydrogens (primary N) is 1. The van der Waals surface area contributed by atoms with Gasteiger partial charge in [-0.3, -0.25) is 19.1 Å². The number of halogens is 1. The summed E-state index contributed by atoms with van der Waals surface area (Å²) in [6, 6.07) is 3.43. The van der Waals surface area contributed by atoms with Crippen LogP contribution in [0.1, 0.15) is 33.6 Å². The monoisotopic (exact) mass is 466 g/mol. The first kappa shape index (κ1) is 22.7. The second-order valence-electron chi connectivity index (χ2n) is 7.18. The van der Waals surface area contributed by atoms with Crippen molar-refractivity contribution in [3.63, 3.8) is 0 Å². The van der Waals surface area contributed by atoms with Crippen molar-refractivity contribution in [2.75, 3.05) is 29.0 Å². The third-order valence-electron chi connectivity index (χ3n) is 4.19. The van der Waals surface area contributed by atoms with Crippen LogP contribution in [-0.2, 0) is 11.3 Å². The highest BCUT2D eigenvalue weighted by Crippen LogP contribution is 2.18. The summed E-state index contributed by atoms with van der Waals surface area (Å²) in [4.78, 5) is 45.4. The van der Waals surface area contributed by atoms with E-state index in [1.54, 1.807) is 23.2 Å². The SMILES string of the molecule is CCCCN(CC(=O)Nc1ccc(Br)cn1)c1c(N)n(CC(C)C)c(=O)[nH]c1=O. The van der Waals surface area contributed by atoms with Crippen molar-refractivity contribution >= 4 is 39.2 Å². The van der Waals surface area contributed by atoms with Crippen LogP contribution >= 0.6 is 15.9 Å². The van der Waals surface area contributed by atoms with E-state index < -0.39 is 11.2 Å². The van der Waals surface area contributed by atoms with Crippen LogP contribution in [0.2, 0.25) is 0 Å². The Labute approximate surface area is 177 Å². The van der Waals surface area contributed by atoms with Crippen LogP contribution in [0.4, 0.5) is 17.3 Å². The molecular formula is C19H27BrN6O3. The Balaban J connectivity index is 2.34. The minimum absolute atomic E-state index is 0.0677. The standard InChI is InChI=1S/C19H27BrN6O3/c1-4-5-8-25(11-15(27)23-14-7-6-13(20)9-22-14)16-17(21)26(10-12(2)3)19(29)24-18(16)28/h6-7,9,12H,4-5,8,10-11,21H2,1-3H3,(H,22,23,27)(H,24,28,29). The van der Waals surface area contributed by atoms with Gasteiger partial charge in [0.25, 0.3) is 5.56 Å². The van der Waals surface area contributed by atoms with Crippen LogP contribution in [0.25, 0.3) is 0 Å². The number of rotatable bonds is 9. The highest BCUT2D eigenvalue weighted by atomic mass is 79.9. The molecular weight excluding hydrogens is 440 g/mol. The van der Waals surface area contributed by atoms with Crippen molar-refractivity contribution in [2.45, 2.75) is 40.2 Å². The smallest absolute Gasteiger partial charge is 0.330 e. The number of aromatic amines is 1. The summed E-state index contributed by atoms with van der Waals surface area (Å²) in [5.74, 6) is 0.291. The van der Waals surface area contributed by atoms with Crippen molar-refractivity contribution in [1.82, 2.24) is 14.5 Å². The second kappa shape index (κ2) is 10.2. The van der Waals surface area contributed by atoms with E-state index in [0.717, 1.165) is 17.3 Å². The summed E-state index contributed by atoms with van der Waals surface area (Å²) < 4.78 is 2.14. The summed E-state index contributed by atoms with van der Waals surface area (Å²) in [7, 11) is 0. The molecule has 0 unspecified atom stereocenters. The number of unbranched alkanes of at least 4 members (excludes halogenated alkanes) is 1. The molecule has 2 rings (SSSR count). The van der Waals surface area contributed by atoms with E-state index in [1.165, 1.54) is 4.57 Å². The Bertz CT molecular complexity index is 952. The molecule has 2 aromatic rings. The highest BCUT2D eigenvalue weighted by Gasteiger charge is 2.21. The predicted octanol–water partition coefficient (Wildman–Crippen LogP) is 2.18. The number of aromatic nitrogens is 3. The molecule has 158 valence electrons. The van der Waals surface area contributed by atoms with Gasteiger partial charge in [0, 0.05) is 23.8 Å². The zero-order valence-corrected chi connectivity index (χ0v) is 18.5. The summed E-state index contributed by atoms with van der Waals surface area (Å²) in [6.07, 6.45) is 3.21. The van der Waals surface area contributed by atoms with Gasteiger partial charge >= 0.3 is 5.69 Å². The molecule has 0 aromatic carbocycles. The number of amides is 1. The van der Waals surface area contributed by atoms with Gasteiger partial charge in [0.2, 0.25) is 5.91 Å². The molecule has 0 fully saturated rings. The van der Waals surface area contributed by atoms with Crippen LogP contribution in [0.3, 0.4) is 0 Å². The molecule has 0 saturated carbocycles. The number of hydrogen-bond donors (Lipinski definition) is 3. The number of carbonyl (C=O) groups excluding carboxylic acids is 1. The molecule has 2 heterocycles. The molecule has 0 radical (unpaired) electrons. The van der Waals surface area contributed by atoms with E-state index in [1.807, 2.05) is 20.8 Å². The van der Waals surface area contributed by atoms with Crippen LogP contribution in [-0.4, -0.2) is 33.5 Å². The fraction of sp³-hybridized carbons (Fsp3) is 0.474. The van der Waals surface area contributed by atoms with Crippen LogP contribution in [0.5, 0.6) is 0 Å². The van der Waals surface area contributed by atoms with Gasteiger partial charge in [0.1, 0.15) is 17.3 Å². The van der Waals surface area contributed by atoms with E-state index in [9.17, 15) is 14.4 Å². The van der Waals surface area contributed by atoms with E-state index in [-0.39, 0.29) is 29.9 Å². The van der Waals surface area contributed by atoms with Gasteiger partial charge in [0.05, 0.1) is 6.54 Å². The number of hydrogen-bond acceptors (Lipinski definition) is 6. The Morgan fingerprint density at radius 3 is 2.69 bits per heavy atom. The average Bonchev–Trinajstić information content (AvgIpc) is 2.64. The minimum Gasteiger partial charge on any atom is -0.383 e. The summed E-state index contributed by atoms with van der Waals surface area (Å²) in [5, 5.41) is 2.71. The van der Waals surface area contributed by atoms with Crippen LogP contribution in [0, 0.1) is 5.92 Å². The largest absolute Gasteiger partial charge is 0.383 e. The van der Waals surface area contributed by atoms with Crippen molar-refractivity contribution in [1.29, 1.82) is 0 Å². The lowest BCUT2D eigenvalue weighted by atomic mass is 10.2. The highest BCUT2D eigenvalue weighted by molar-refractivity contribution is 9.10. The minimum atomic E-state index is -0.599. The number of H-pyrrole nitrogens is 1. The maximum Gasteiger partial charge on any atom is 0.330 e. The summed E-state index contributed by atoms with van der Waals surface area (Å²) >= 11 is 3.29. The Kier molecular flexibility index (Phi) is 8.00. The molecule has 9 nitrogen and oxygen atoms in total. The zero-order valence-electron chi connectivity index (χ0n) is 16.9. The fourth-order valence-corrected chi connectivity index (χ4v) is 3.09. The average molecular weight is 467 g/mol. The molecule has 10 heteroatoms. The Hall–Kier alpha value is -2.62. The molecule has 4 N–H and O–H groups in total. The molecule has 29 heavy (non-hydrogen) atoms. The number of nitrogen functional groups attached to an aromatic ring is 1. The Morgan fingerprint density at radius 1 is 1.38 bits per heavy atom. The fourth-order valence-electron chi connectivity index (χ4n) is 2.85. The molecule has 0 aliphatic heterocycles. The lowest BCUT2D eigenvalue weighted by Gasteiger charge is -2.26.